The third kappa shape index (κ3) is 5.38. The van der Waals surface area contributed by atoms with Gasteiger partial charge in [0.25, 0.3) is 0 Å². The summed E-state index contributed by atoms with van der Waals surface area (Å²) in [7, 11) is 0. The predicted octanol–water partition coefficient (Wildman–Crippen LogP) is 0.557. The maximum atomic E-state index is 10.2. The molecule has 2 heterocycles. The van der Waals surface area contributed by atoms with Crippen LogP contribution in [-0.4, -0.2) is 69.8 Å². The summed E-state index contributed by atoms with van der Waals surface area (Å²) >= 11 is 0. The fourth-order valence-electron chi connectivity index (χ4n) is 2.83. The number of aliphatic hydroxyl groups is 1. The molecule has 2 aromatic rings. The summed E-state index contributed by atoms with van der Waals surface area (Å²) in [5, 5.41) is 14.3. The van der Waals surface area contributed by atoms with Crippen LogP contribution in [0.1, 0.15) is 5.56 Å². The number of nitrogens with zero attached hydrogens (tertiary/aromatic N) is 4. The molecule has 7 nitrogen and oxygen atoms in total. The van der Waals surface area contributed by atoms with Gasteiger partial charge in [0.05, 0.1) is 38.6 Å². The first kappa shape index (κ1) is 17.0. The zero-order valence-corrected chi connectivity index (χ0v) is 13.7. The van der Waals surface area contributed by atoms with E-state index in [2.05, 4.69) is 15.0 Å². The summed E-state index contributed by atoms with van der Waals surface area (Å²) in [5.74, 6) is 0. The Morgan fingerprint density at radius 2 is 2.21 bits per heavy atom. The standard InChI is InChI=1S/C17H24N4O3/c22-16(12-23-11-15-4-2-1-3-5-15)8-20-6-7-24-17(9-20)10-21-14-18-13-19-21/h1-5,13-14,16-17,22H,6-12H2/t16-,17+/m1/s1. The van der Waals surface area contributed by atoms with Crippen molar-refractivity contribution in [2.45, 2.75) is 25.4 Å². The molecule has 3 rings (SSSR count). The third-order valence-electron chi connectivity index (χ3n) is 3.97. The van der Waals surface area contributed by atoms with Crippen LogP contribution in [0.4, 0.5) is 0 Å². The fraction of sp³-hybridized carbons (Fsp3) is 0.529. The lowest BCUT2D eigenvalue weighted by Gasteiger charge is -2.33. The fourth-order valence-corrected chi connectivity index (χ4v) is 2.83. The summed E-state index contributed by atoms with van der Waals surface area (Å²) < 4.78 is 13.1. The average Bonchev–Trinajstić information content (AvgIpc) is 3.09. The van der Waals surface area contributed by atoms with Gasteiger partial charge in [0.2, 0.25) is 0 Å². The van der Waals surface area contributed by atoms with E-state index in [1.54, 1.807) is 11.0 Å². The highest BCUT2D eigenvalue weighted by atomic mass is 16.5. The number of rotatable bonds is 8. The molecule has 0 unspecified atom stereocenters. The molecule has 1 fully saturated rings. The topological polar surface area (TPSA) is 72.6 Å². The van der Waals surface area contributed by atoms with Crippen LogP contribution in [0, 0.1) is 0 Å². The molecule has 130 valence electrons. The van der Waals surface area contributed by atoms with Crippen molar-refractivity contribution >= 4 is 0 Å². The number of aromatic nitrogens is 3. The van der Waals surface area contributed by atoms with Gasteiger partial charge in [0.1, 0.15) is 12.7 Å². The Hall–Kier alpha value is -1.80. The van der Waals surface area contributed by atoms with E-state index < -0.39 is 6.10 Å². The van der Waals surface area contributed by atoms with Crippen molar-refractivity contribution in [1.82, 2.24) is 19.7 Å². The van der Waals surface area contributed by atoms with E-state index in [-0.39, 0.29) is 6.10 Å². The zero-order chi connectivity index (χ0) is 16.6. The van der Waals surface area contributed by atoms with E-state index in [1.807, 2.05) is 30.3 Å². The number of morpholine rings is 1. The second-order valence-corrected chi connectivity index (χ2v) is 6.02. The lowest BCUT2D eigenvalue weighted by molar-refractivity contribution is -0.0583. The summed E-state index contributed by atoms with van der Waals surface area (Å²) in [6.07, 6.45) is 2.78. The SMILES string of the molecule is O[C@@H](COCc1ccccc1)CN1CCO[C@H](Cn2cncn2)C1. The Balaban J connectivity index is 1.36. The Labute approximate surface area is 141 Å². The van der Waals surface area contributed by atoms with Crippen LogP contribution in [-0.2, 0) is 22.6 Å². The van der Waals surface area contributed by atoms with Crippen molar-refractivity contribution in [2.75, 3.05) is 32.8 Å². The van der Waals surface area contributed by atoms with E-state index >= 15 is 0 Å². The second kappa shape index (κ2) is 8.89. The van der Waals surface area contributed by atoms with E-state index in [4.69, 9.17) is 9.47 Å². The molecule has 24 heavy (non-hydrogen) atoms. The van der Waals surface area contributed by atoms with Crippen LogP contribution in [0.2, 0.25) is 0 Å². The molecule has 7 heteroatoms. The molecule has 1 aromatic carbocycles. The monoisotopic (exact) mass is 332 g/mol. The molecule has 0 saturated carbocycles. The van der Waals surface area contributed by atoms with Gasteiger partial charge in [-0.1, -0.05) is 30.3 Å². The molecule has 1 aliphatic rings. The smallest absolute Gasteiger partial charge is 0.137 e. The molecular weight excluding hydrogens is 308 g/mol. The van der Waals surface area contributed by atoms with E-state index in [9.17, 15) is 5.11 Å². The predicted molar refractivity (Wildman–Crippen MR) is 88.3 cm³/mol. The van der Waals surface area contributed by atoms with Gasteiger partial charge in [-0.2, -0.15) is 5.10 Å². The first-order valence-corrected chi connectivity index (χ1v) is 8.25. The molecule has 1 saturated heterocycles. The van der Waals surface area contributed by atoms with Crippen LogP contribution in [0.25, 0.3) is 0 Å². The molecule has 0 bridgehead atoms. The highest BCUT2D eigenvalue weighted by molar-refractivity contribution is 5.13. The highest BCUT2D eigenvalue weighted by Gasteiger charge is 2.22. The number of β-amino-alcohol motifs (C(OH)–C–C–N with tert-alkyl or cyclic N) is 1. The van der Waals surface area contributed by atoms with Gasteiger partial charge >= 0.3 is 0 Å². The Kier molecular flexibility index (Phi) is 6.31. The number of aliphatic hydroxyl groups excluding tert-OH is 1. The molecule has 0 amide bonds. The number of hydrogen-bond acceptors (Lipinski definition) is 6. The molecule has 2 atom stereocenters. The van der Waals surface area contributed by atoms with E-state index in [0.717, 1.165) is 18.7 Å². The van der Waals surface area contributed by atoms with Crippen LogP contribution in [0.5, 0.6) is 0 Å². The maximum absolute atomic E-state index is 10.2. The summed E-state index contributed by atoms with van der Waals surface area (Å²) in [6.45, 7) is 4.38. The Bertz CT molecular complexity index is 579. The van der Waals surface area contributed by atoms with Crippen molar-refractivity contribution < 1.29 is 14.6 Å². The van der Waals surface area contributed by atoms with Gasteiger partial charge in [0, 0.05) is 19.6 Å². The zero-order valence-electron chi connectivity index (χ0n) is 13.7. The lowest BCUT2D eigenvalue weighted by Crippen LogP contribution is -2.47. The molecule has 0 radical (unpaired) electrons. The molecule has 1 aliphatic heterocycles. The Morgan fingerprint density at radius 1 is 1.33 bits per heavy atom. The molecule has 1 N–H and O–H groups in total. The van der Waals surface area contributed by atoms with Crippen molar-refractivity contribution in [2.24, 2.45) is 0 Å². The quantitative estimate of drug-likeness (QED) is 0.761. The second-order valence-electron chi connectivity index (χ2n) is 6.02. The summed E-state index contributed by atoms with van der Waals surface area (Å²) in [4.78, 5) is 6.15. The van der Waals surface area contributed by atoms with Crippen molar-refractivity contribution in [1.29, 1.82) is 0 Å². The first-order valence-electron chi connectivity index (χ1n) is 8.25. The minimum Gasteiger partial charge on any atom is -0.389 e. The summed E-state index contributed by atoms with van der Waals surface area (Å²) in [6, 6.07) is 9.98. The molecular formula is C17H24N4O3. The first-order chi connectivity index (χ1) is 11.8. The van der Waals surface area contributed by atoms with Gasteiger partial charge in [-0.3, -0.25) is 9.58 Å². The van der Waals surface area contributed by atoms with E-state index in [0.29, 0.717) is 32.9 Å². The molecule has 0 spiro atoms. The number of ether oxygens (including phenoxy) is 2. The van der Waals surface area contributed by atoms with Crippen LogP contribution < -0.4 is 0 Å². The van der Waals surface area contributed by atoms with Crippen LogP contribution in [0.3, 0.4) is 0 Å². The summed E-state index contributed by atoms with van der Waals surface area (Å²) in [5.41, 5.74) is 1.11. The van der Waals surface area contributed by atoms with Crippen LogP contribution >= 0.6 is 0 Å². The van der Waals surface area contributed by atoms with E-state index in [1.165, 1.54) is 6.33 Å². The van der Waals surface area contributed by atoms with Crippen molar-refractivity contribution in [3.63, 3.8) is 0 Å². The van der Waals surface area contributed by atoms with Gasteiger partial charge < -0.3 is 14.6 Å². The number of hydrogen-bond donors (Lipinski definition) is 1. The van der Waals surface area contributed by atoms with Gasteiger partial charge in [0.15, 0.2) is 0 Å². The minimum atomic E-state index is -0.501. The van der Waals surface area contributed by atoms with Crippen LogP contribution in [0.15, 0.2) is 43.0 Å². The lowest BCUT2D eigenvalue weighted by atomic mass is 10.2. The average molecular weight is 332 g/mol. The Morgan fingerprint density at radius 3 is 3.00 bits per heavy atom. The number of benzene rings is 1. The van der Waals surface area contributed by atoms with Gasteiger partial charge in [-0.15, -0.1) is 0 Å². The highest BCUT2D eigenvalue weighted by Crippen LogP contribution is 2.08. The minimum absolute atomic E-state index is 0.0675. The van der Waals surface area contributed by atoms with Crippen molar-refractivity contribution in [3.05, 3.63) is 48.5 Å². The third-order valence-corrected chi connectivity index (χ3v) is 3.97. The van der Waals surface area contributed by atoms with Gasteiger partial charge in [-0.25, -0.2) is 4.98 Å². The van der Waals surface area contributed by atoms with Crippen molar-refractivity contribution in [3.8, 4) is 0 Å². The molecule has 1 aromatic heterocycles. The maximum Gasteiger partial charge on any atom is 0.137 e. The normalized spacial score (nSPS) is 20.1. The largest absolute Gasteiger partial charge is 0.389 e. The van der Waals surface area contributed by atoms with Gasteiger partial charge in [-0.05, 0) is 5.56 Å². The molecule has 0 aliphatic carbocycles.